The molecule has 1 aromatic carbocycles. The van der Waals surface area contributed by atoms with Crippen LogP contribution < -0.4 is 10.6 Å². The van der Waals surface area contributed by atoms with Crippen molar-refractivity contribution in [3.8, 4) is 0 Å². The summed E-state index contributed by atoms with van der Waals surface area (Å²) in [5.41, 5.74) is 0.660. The molecule has 2 heterocycles. The SMILES string of the molecule is C[C@@H](NC(=O)c1ccc(CNC(=O)OC(C)(C)C)cc1)C(=O)N1CCC[C@H]1B1O[C@@H]2C[C@@H]3C[C@@H](C3(C)C)[C@]2(C)O1. The van der Waals surface area contributed by atoms with Gasteiger partial charge in [-0.25, -0.2) is 4.79 Å². The molecule has 3 aliphatic carbocycles. The smallest absolute Gasteiger partial charge is 0.444 e. The molecule has 3 saturated carbocycles. The predicted octanol–water partition coefficient (Wildman–Crippen LogP) is 4.09. The van der Waals surface area contributed by atoms with Crippen LogP contribution in [-0.2, 0) is 25.4 Å². The number of hydrogen-bond acceptors (Lipinski definition) is 6. The Bertz CT molecular complexity index is 1150. The number of carbonyl (C=O) groups excluding carboxylic acids is 3. The molecular weight excluding hydrogens is 509 g/mol. The van der Waals surface area contributed by atoms with Gasteiger partial charge in [-0.05, 0) is 95.2 Å². The van der Waals surface area contributed by atoms with E-state index in [1.54, 1.807) is 52.0 Å². The monoisotopic (exact) mass is 553 g/mol. The highest BCUT2D eigenvalue weighted by Gasteiger charge is 2.69. The van der Waals surface area contributed by atoms with E-state index >= 15 is 0 Å². The number of alkyl carbamates (subject to hydrolysis) is 1. The number of amides is 3. The Hall–Kier alpha value is -2.59. The Morgan fingerprint density at radius 2 is 1.85 bits per heavy atom. The van der Waals surface area contributed by atoms with Crippen molar-refractivity contribution in [1.29, 1.82) is 0 Å². The molecule has 5 fully saturated rings. The van der Waals surface area contributed by atoms with Crippen molar-refractivity contribution in [2.45, 2.75) is 110 Å². The third-order valence-electron chi connectivity index (χ3n) is 9.64. The van der Waals surface area contributed by atoms with E-state index in [0.29, 0.717) is 23.9 Å². The van der Waals surface area contributed by atoms with Gasteiger partial charge >= 0.3 is 13.2 Å². The summed E-state index contributed by atoms with van der Waals surface area (Å²) in [6, 6.07) is 6.23. The third-order valence-corrected chi connectivity index (χ3v) is 9.64. The quantitative estimate of drug-likeness (QED) is 0.515. The Morgan fingerprint density at radius 3 is 2.50 bits per heavy atom. The van der Waals surface area contributed by atoms with Crippen LogP contribution in [0.4, 0.5) is 4.79 Å². The molecule has 6 rings (SSSR count). The molecule has 1 aromatic rings. The summed E-state index contributed by atoms with van der Waals surface area (Å²) in [7, 11) is -0.429. The van der Waals surface area contributed by atoms with Crippen molar-refractivity contribution in [1.82, 2.24) is 15.5 Å². The van der Waals surface area contributed by atoms with E-state index in [1.807, 2.05) is 4.90 Å². The molecule has 9 nitrogen and oxygen atoms in total. The first kappa shape index (κ1) is 28.9. The molecule has 40 heavy (non-hydrogen) atoms. The Morgan fingerprint density at radius 1 is 1.15 bits per heavy atom. The van der Waals surface area contributed by atoms with Crippen LogP contribution in [0.3, 0.4) is 0 Å². The van der Waals surface area contributed by atoms with Crippen LogP contribution in [0.1, 0.15) is 90.1 Å². The van der Waals surface area contributed by atoms with Crippen LogP contribution in [0.5, 0.6) is 0 Å². The normalized spacial score (nSPS) is 31.2. The highest BCUT2D eigenvalue weighted by molar-refractivity contribution is 6.48. The fraction of sp³-hybridized carbons (Fsp3) is 0.700. The Labute approximate surface area is 238 Å². The zero-order chi connectivity index (χ0) is 29.0. The number of hydrogen-bond donors (Lipinski definition) is 2. The largest absolute Gasteiger partial charge is 0.481 e. The standard InChI is InChI=1S/C30H44BN3O6/c1-18(33-25(35)20-12-10-19(11-13-20)17-32-27(37)38-28(2,3)4)26(36)34-14-8-9-24(34)31-39-23-16-21-15-22(29(21,5)6)30(23,7)40-31/h10-13,18,21-24H,8-9,14-17H2,1-7H3,(H,32,37)(H,33,35)/t18-,21+,22+,23-,24+,30+/m1/s1. The average Bonchev–Trinajstić information content (AvgIpc) is 3.50. The first-order valence-electron chi connectivity index (χ1n) is 14.7. The fourth-order valence-electron chi connectivity index (χ4n) is 7.27. The summed E-state index contributed by atoms with van der Waals surface area (Å²) in [6.45, 7) is 14.9. The number of benzene rings is 1. The first-order valence-corrected chi connectivity index (χ1v) is 14.7. The maximum atomic E-state index is 13.5. The van der Waals surface area contributed by atoms with Crippen LogP contribution in [0.15, 0.2) is 24.3 Å². The molecule has 2 bridgehead atoms. The lowest BCUT2D eigenvalue weighted by atomic mass is 9.43. The van der Waals surface area contributed by atoms with Crippen molar-refractivity contribution >= 4 is 25.0 Å². The van der Waals surface area contributed by atoms with Gasteiger partial charge in [-0.15, -0.1) is 0 Å². The van der Waals surface area contributed by atoms with Crippen LogP contribution >= 0.6 is 0 Å². The third kappa shape index (κ3) is 5.37. The highest BCUT2D eigenvalue weighted by Crippen LogP contribution is 2.65. The van der Waals surface area contributed by atoms with Crippen molar-refractivity contribution in [3.63, 3.8) is 0 Å². The number of likely N-dealkylation sites (tertiary alicyclic amines) is 1. The molecule has 5 aliphatic rings. The van der Waals surface area contributed by atoms with E-state index in [2.05, 4.69) is 31.4 Å². The number of nitrogens with one attached hydrogen (secondary N) is 2. The summed E-state index contributed by atoms with van der Waals surface area (Å²) in [5.74, 6) is 0.552. The number of ether oxygens (including phenoxy) is 1. The van der Waals surface area contributed by atoms with Crippen molar-refractivity contribution in [3.05, 3.63) is 35.4 Å². The molecule has 0 aromatic heterocycles. The molecule has 3 amide bonds. The first-order chi connectivity index (χ1) is 18.7. The van der Waals surface area contributed by atoms with Gasteiger partial charge < -0.3 is 29.6 Å². The highest BCUT2D eigenvalue weighted by atomic mass is 16.7. The van der Waals surface area contributed by atoms with Gasteiger partial charge in [-0.2, -0.15) is 0 Å². The molecule has 2 N–H and O–H groups in total. The van der Waals surface area contributed by atoms with Crippen LogP contribution in [0.25, 0.3) is 0 Å². The minimum absolute atomic E-state index is 0.0752. The molecule has 2 aliphatic heterocycles. The second kappa shape index (κ2) is 10.4. The van der Waals surface area contributed by atoms with E-state index in [-0.39, 0.29) is 41.4 Å². The molecule has 0 unspecified atom stereocenters. The summed E-state index contributed by atoms with van der Waals surface area (Å²) in [4.78, 5) is 40.2. The number of nitrogens with zero attached hydrogens (tertiary/aromatic N) is 1. The molecule has 6 atom stereocenters. The van der Waals surface area contributed by atoms with Crippen LogP contribution in [-0.4, -0.2) is 65.8 Å². The molecule has 0 spiro atoms. The van der Waals surface area contributed by atoms with Crippen LogP contribution in [0, 0.1) is 17.3 Å². The average molecular weight is 554 g/mol. The maximum absolute atomic E-state index is 13.5. The predicted molar refractivity (Wildman–Crippen MR) is 151 cm³/mol. The summed E-state index contributed by atoms with van der Waals surface area (Å²) >= 11 is 0. The Balaban J connectivity index is 1.15. The second-order valence-corrected chi connectivity index (χ2v) is 13.8. The molecule has 218 valence electrons. The van der Waals surface area contributed by atoms with E-state index in [1.165, 1.54) is 6.42 Å². The van der Waals surface area contributed by atoms with Gasteiger partial charge in [-0.1, -0.05) is 26.0 Å². The van der Waals surface area contributed by atoms with Gasteiger partial charge in [0, 0.05) is 18.7 Å². The minimum Gasteiger partial charge on any atom is -0.444 e. The van der Waals surface area contributed by atoms with Gasteiger partial charge in [0.1, 0.15) is 11.6 Å². The van der Waals surface area contributed by atoms with Crippen molar-refractivity contribution < 1.29 is 28.4 Å². The van der Waals surface area contributed by atoms with Gasteiger partial charge in [0.15, 0.2) is 0 Å². The minimum atomic E-state index is -0.687. The Kier molecular flexibility index (Phi) is 7.49. The summed E-state index contributed by atoms with van der Waals surface area (Å²) in [5, 5.41) is 5.56. The number of carbonyl (C=O) groups is 3. The lowest BCUT2D eigenvalue weighted by molar-refractivity contribution is -0.199. The number of rotatable bonds is 6. The zero-order valence-electron chi connectivity index (χ0n) is 24.9. The van der Waals surface area contributed by atoms with E-state index in [4.69, 9.17) is 14.0 Å². The van der Waals surface area contributed by atoms with Crippen molar-refractivity contribution in [2.75, 3.05) is 6.54 Å². The van der Waals surface area contributed by atoms with Gasteiger partial charge in [0.25, 0.3) is 5.91 Å². The van der Waals surface area contributed by atoms with E-state index in [9.17, 15) is 14.4 Å². The molecule has 0 radical (unpaired) electrons. The second-order valence-electron chi connectivity index (χ2n) is 13.8. The molecule has 2 saturated heterocycles. The van der Waals surface area contributed by atoms with E-state index in [0.717, 1.165) is 24.8 Å². The molecular formula is C30H44BN3O6. The topological polar surface area (TPSA) is 106 Å². The zero-order valence-corrected chi connectivity index (χ0v) is 24.9. The van der Waals surface area contributed by atoms with E-state index < -0.39 is 24.9 Å². The molecule has 10 heteroatoms. The fourth-order valence-corrected chi connectivity index (χ4v) is 7.27. The van der Waals surface area contributed by atoms with Crippen LogP contribution in [0.2, 0.25) is 0 Å². The van der Waals surface area contributed by atoms with Crippen molar-refractivity contribution in [2.24, 2.45) is 17.3 Å². The summed E-state index contributed by atoms with van der Waals surface area (Å²) in [6.07, 6.45) is 3.50. The van der Waals surface area contributed by atoms with Gasteiger partial charge in [0.05, 0.1) is 17.6 Å². The van der Waals surface area contributed by atoms with Gasteiger partial charge in [0.2, 0.25) is 5.91 Å². The van der Waals surface area contributed by atoms with Gasteiger partial charge in [-0.3, -0.25) is 9.59 Å². The maximum Gasteiger partial charge on any atom is 0.481 e. The lowest BCUT2D eigenvalue weighted by Gasteiger charge is -2.64. The summed E-state index contributed by atoms with van der Waals surface area (Å²) < 4.78 is 18.4. The lowest BCUT2D eigenvalue weighted by Crippen LogP contribution is -2.65.